The van der Waals surface area contributed by atoms with E-state index >= 15 is 0 Å². The third-order valence-corrected chi connectivity index (χ3v) is 7.94. The van der Waals surface area contributed by atoms with Crippen molar-refractivity contribution in [2.24, 2.45) is 5.92 Å². The number of hydrogen-bond acceptors (Lipinski definition) is 5. The van der Waals surface area contributed by atoms with Gasteiger partial charge in [-0.05, 0) is 87.5 Å². The van der Waals surface area contributed by atoms with Gasteiger partial charge in [-0.25, -0.2) is 12.8 Å². The van der Waals surface area contributed by atoms with E-state index in [4.69, 9.17) is 4.52 Å². The maximum Gasteiger partial charge on any atom is 0.178 e. The Bertz CT molecular complexity index is 1160. The van der Waals surface area contributed by atoms with Crippen LogP contribution in [0.4, 0.5) is 4.39 Å². The molecular formula is C23H28ClFN2O3S. The highest BCUT2D eigenvalue weighted by Crippen LogP contribution is 2.24. The van der Waals surface area contributed by atoms with E-state index in [0.29, 0.717) is 10.5 Å². The summed E-state index contributed by atoms with van der Waals surface area (Å²) in [6.45, 7) is 6.53. The zero-order chi connectivity index (χ0) is 21.3. The Morgan fingerprint density at radius 1 is 1.16 bits per heavy atom. The molecule has 3 aromatic rings. The lowest BCUT2D eigenvalue weighted by Crippen LogP contribution is -2.24. The van der Waals surface area contributed by atoms with E-state index in [1.165, 1.54) is 12.1 Å². The van der Waals surface area contributed by atoms with Gasteiger partial charge in [-0.15, -0.1) is 12.4 Å². The number of fused-ring (bicyclic) bond motifs is 1. The number of likely N-dealkylation sites (tertiary alicyclic amines) is 1. The van der Waals surface area contributed by atoms with Crippen LogP contribution in [-0.4, -0.2) is 43.9 Å². The second-order valence-electron chi connectivity index (χ2n) is 8.36. The predicted molar refractivity (Wildman–Crippen MR) is 122 cm³/mol. The van der Waals surface area contributed by atoms with Crippen LogP contribution >= 0.6 is 12.4 Å². The molecule has 0 bridgehead atoms. The van der Waals surface area contributed by atoms with Gasteiger partial charge in [-0.2, -0.15) is 0 Å². The summed E-state index contributed by atoms with van der Waals surface area (Å²) >= 11 is 0. The topological polar surface area (TPSA) is 63.4 Å². The minimum absolute atomic E-state index is 0. The molecule has 31 heavy (non-hydrogen) atoms. The van der Waals surface area contributed by atoms with Crippen molar-refractivity contribution < 1.29 is 17.3 Å². The molecule has 1 atom stereocenters. The van der Waals surface area contributed by atoms with E-state index in [-0.39, 0.29) is 29.9 Å². The highest BCUT2D eigenvalue weighted by molar-refractivity contribution is 7.91. The van der Waals surface area contributed by atoms with Crippen LogP contribution in [0.15, 0.2) is 45.8 Å². The number of hydrogen-bond donors (Lipinski definition) is 0. The second-order valence-corrected chi connectivity index (χ2v) is 10.4. The number of benzene rings is 2. The van der Waals surface area contributed by atoms with Crippen molar-refractivity contribution in [1.29, 1.82) is 0 Å². The number of aromatic nitrogens is 1. The van der Waals surface area contributed by atoms with Crippen LogP contribution in [0.2, 0.25) is 0 Å². The highest BCUT2D eigenvalue weighted by Gasteiger charge is 2.28. The summed E-state index contributed by atoms with van der Waals surface area (Å²) < 4.78 is 44.1. The summed E-state index contributed by atoms with van der Waals surface area (Å²) in [5.41, 5.74) is 3.43. The van der Waals surface area contributed by atoms with E-state index < -0.39 is 9.84 Å². The third-order valence-electron chi connectivity index (χ3n) is 6.06. The van der Waals surface area contributed by atoms with Crippen LogP contribution in [-0.2, 0) is 16.3 Å². The number of sulfone groups is 1. The van der Waals surface area contributed by atoms with Crippen LogP contribution in [0.3, 0.4) is 0 Å². The van der Waals surface area contributed by atoms with Crippen molar-refractivity contribution in [3.63, 3.8) is 0 Å². The van der Waals surface area contributed by atoms with Crippen LogP contribution < -0.4 is 0 Å². The van der Waals surface area contributed by atoms with E-state index in [2.05, 4.69) is 10.1 Å². The standard InChI is InChI=1S/C23H27FN2O3S.ClH/c1-16-5-7-20(12-17(16)2)30(27,28)15-18-9-11-26(14-18)10-3-4-22-21-8-6-19(24)13-23(21)29-25-22;/h5-8,12-13,18H,3-4,9-11,14-15H2,1-2H3;1H. The maximum absolute atomic E-state index is 13.3. The minimum atomic E-state index is -3.27. The first-order valence-corrected chi connectivity index (χ1v) is 12.0. The smallest absolute Gasteiger partial charge is 0.178 e. The average molecular weight is 467 g/mol. The van der Waals surface area contributed by atoms with Gasteiger partial charge in [0.25, 0.3) is 0 Å². The van der Waals surface area contributed by atoms with Crippen molar-refractivity contribution in [2.45, 2.75) is 38.0 Å². The third kappa shape index (κ3) is 5.45. The lowest BCUT2D eigenvalue weighted by molar-refractivity contribution is 0.322. The molecule has 4 rings (SSSR count). The van der Waals surface area contributed by atoms with Gasteiger partial charge in [0.15, 0.2) is 15.4 Å². The number of halogens is 2. The summed E-state index contributed by atoms with van der Waals surface area (Å²) in [6, 6.07) is 9.87. The van der Waals surface area contributed by atoms with Crippen molar-refractivity contribution in [2.75, 3.05) is 25.4 Å². The SMILES string of the molecule is Cc1ccc(S(=O)(=O)CC2CCN(CCCc3noc4cc(F)ccc34)C2)cc1C.Cl. The fourth-order valence-electron chi connectivity index (χ4n) is 4.18. The van der Waals surface area contributed by atoms with E-state index in [0.717, 1.165) is 61.1 Å². The van der Waals surface area contributed by atoms with Gasteiger partial charge in [0, 0.05) is 18.0 Å². The zero-order valence-corrected chi connectivity index (χ0v) is 19.4. The van der Waals surface area contributed by atoms with Crippen molar-refractivity contribution >= 4 is 33.2 Å². The molecule has 0 amide bonds. The number of aryl methyl sites for hydroxylation is 3. The summed E-state index contributed by atoms with van der Waals surface area (Å²) in [6.07, 6.45) is 2.55. The summed E-state index contributed by atoms with van der Waals surface area (Å²) in [5.74, 6) is 0.0300. The van der Waals surface area contributed by atoms with E-state index in [1.807, 2.05) is 19.9 Å². The molecule has 1 unspecified atom stereocenters. The quantitative estimate of drug-likeness (QED) is 0.503. The van der Waals surface area contributed by atoms with Crippen molar-refractivity contribution in [3.05, 3.63) is 59.0 Å². The Hall–Kier alpha value is -1.96. The molecule has 1 saturated heterocycles. The van der Waals surface area contributed by atoms with Gasteiger partial charge < -0.3 is 9.42 Å². The van der Waals surface area contributed by atoms with Gasteiger partial charge in [0.05, 0.1) is 16.3 Å². The molecule has 168 valence electrons. The van der Waals surface area contributed by atoms with Crippen LogP contribution in [0.5, 0.6) is 0 Å². The first kappa shape index (κ1) is 23.7. The van der Waals surface area contributed by atoms with E-state index in [9.17, 15) is 12.8 Å². The first-order chi connectivity index (χ1) is 14.3. The molecule has 1 aliphatic rings. The zero-order valence-electron chi connectivity index (χ0n) is 17.8. The molecule has 1 aromatic heterocycles. The Morgan fingerprint density at radius 3 is 2.74 bits per heavy atom. The van der Waals surface area contributed by atoms with Crippen molar-refractivity contribution in [3.8, 4) is 0 Å². The molecule has 1 aliphatic heterocycles. The molecule has 8 heteroatoms. The number of rotatable bonds is 7. The highest BCUT2D eigenvalue weighted by atomic mass is 35.5. The second kappa shape index (κ2) is 9.67. The summed E-state index contributed by atoms with van der Waals surface area (Å²) in [7, 11) is -3.27. The minimum Gasteiger partial charge on any atom is -0.356 e. The molecule has 0 aliphatic carbocycles. The summed E-state index contributed by atoms with van der Waals surface area (Å²) in [4.78, 5) is 2.75. The van der Waals surface area contributed by atoms with Gasteiger partial charge >= 0.3 is 0 Å². The molecule has 0 saturated carbocycles. The normalized spacial score (nSPS) is 17.2. The predicted octanol–water partition coefficient (Wildman–Crippen LogP) is 4.73. The molecule has 0 radical (unpaired) electrons. The largest absolute Gasteiger partial charge is 0.356 e. The van der Waals surface area contributed by atoms with Crippen LogP contribution in [0, 0.1) is 25.6 Å². The van der Waals surface area contributed by atoms with Gasteiger partial charge in [-0.3, -0.25) is 0 Å². The molecule has 0 N–H and O–H groups in total. The maximum atomic E-state index is 13.3. The molecule has 2 heterocycles. The fraction of sp³-hybridized carbons (Fsp3) is 0.435. The molecular weight excluding hydrogens is 439 g/mol. The van der Waals surface area contributed by atoms with E-state index in [1.54, 1.807) is 18.2 Å². The lowest BCUT2D eigenvalue weighted by Gasteiger charge is -2.16. The Labute approximate surface area is 188 Å². The molecule has 2 aromatic carbocycles. The monoisotopic (exact) mass is 466 g/mol. The van der Waals surface area contributed by atoms with Crippen LogP contribution in [0.1, 0.15) is 29.7 Å². The Balaban J connectivity index is 0.00000272. The van der Waals surface area contributed by atoms with Gasteiger partial charge in [0.1, 0.15) is 5.82 Å². The summed E-state index contributed by atoms with van der Waals surface area (Å²) in [5, 5.41) is 4.93. The number of nitrogens with zero attached hydrogens (tertiary/aromatic N) is 2. The molecule has 1 fully saturated rings. The van der Waals surface area contributed by atoms with Gasteiger partial charge in [-0.1, -0.05) is 11.2 Å². The lowest BCUT2D eigenvalue weighted by atomic mass is 10.1. The molecule has 5 nitrogen and oxygen atoms in total. The first-order valence-electron chi connectivity index (χ1n) is 10.4. The fourth-order valence-corrected chi connectivity index (χ4v) is 5.90. The van der Waals surface area contributed by atoms with Crippen LogP contribution in [0.25, 0.3) is 11.0 Å². The molecule has 0 spiro atoms. The Kier molecular flexibility index (Phi) is 7.39. The van der Waals surface area contributed by atoms with Gasteiger partial charge in [0.2, 0.25) is 0 Å². The average Bonchev–Trinajstić information content (AvgIpc) is 3.30. The van der Waals surface area contributed by atoms with Crippen molar-refractivity contribution in [1.82, 2.24) is 10.1 Å². The Morgan fingerprint density at radius 2 is 1.97 bits per heavy atom.